The largest absolute Gasteiger partial charge is 0.506 e. The number of hydrogen-bond donors (Lipinski definition) is 3. The minimum absolute atomic E-state index is 0.197. The lowest BCUT2D eigenvalue weighted by molar-refractivity contribution is 0.136. The van der Waals surface area contributed by atoms with Crippen molar-refractivity contribution < 1.29 is 15.3 Å². The Morgan fingerprint density at radius 3 is 2.67 bits per heavy atom. The van der Waals surface area contributed by atoms with Crippen molar-refractivity contribution >= 4 is 0 Å². The molecule has 12 heavy (non-hydrogen) atoms. The molecule has 0 saturated carbocycles. The molecule has 0 heterocycles. The summed E-state index contributed by atoms with van der Waals surface area (Å²) in [6.07, 6.45) is 2.88. The van der Waals surface area contributed by atoms with Crippen molar-refractivity contribution in [3.8, 4) is 0 Å². The van der Waals surface area contributed by atoms with Gasteiger partial charge in [-0.1, -0.05) is 18.9 Å². The van der Waals surface area contributed by atoms with Crippen molar-refractivity contribution in [1.82, 2.24) is 0 Å². The van der Waals surface area contributed by atoms with Crippen LogP contribution >= 0.6 is 0 Å². The van der Waals surface area contributed by atoms with Gasteiger partial charge in [-0.3, -0.25) is 0 Å². The minimum Gasteiger partial charge on any atom is -0.506 e. The van der Waals surface area contributed by atoms with E-state index in [0.29, 0.717) is 6.42 Å². The van der Waals surface area contributed by atoms with E-state index >= 15 is 0 Å². The minimum atomic E-state index is -0.920. The molecule has 1 rings (SSSR count). The standard InChI is InChI=1S/C9H14O3/c1-2-3-6-4-7(10)9(12)8(11)5-6/h4,8,10-12H,2-3,5H2,1H3. The molecule has 0 aromatic heterocycles. The summed E-state index contributed by atoms with van der Waals surface area (Å²) in [7, 11) is 0. The molecule has 3 heteroatoms. The van der Waals surface area contributed by atoms with Crippen LogP contribution in [0.1, 0.15) is 26.2 Å². The van der Waals surface area contributed by atoms with Gasteiger partial charge >= 0.3 is 0 Å². The van der Waals surface area contributed by atoms with E-state index in [1.807, 2.05) is 6.92 Å². The lowest BCUT2D eigenvalue weighted by Gasteiger charge is -2.17. The number of aliphatic hydroxyl groups is 3. The van der Waals surface area contributed by atoms with Crippen LogP contribution in [0.2, 0.25) is 0 Å². The molecule has 0 radical (unpaired) electrons. The second-order valence-electron chi connectivity index (χ2n) is 3.04. The topological polar surface area (TPSA) is 60.7 Å². The van der Waals surface area contributed by atoms with Gasteiger partial charge in [0.2, 0.25) is 0 Å². The Labute approximate surface area is 71.7 Å². The molecule has 0 saturated heterocycles. The fourth-order valence-electron chi connectivity index (χ4n) is 1.34. The summed E-state index contributed by atoms with van der Waals surface area (Å²) in [5, 5.41) is 27.4. The number of allylic oxidation sites excluding steroid dienone is 1. The van der Waals surface area contributed by atoms with E-state index in [2.05, 4.69) is 0 Å². The highest BCUT2D eigenvalue weighted by atomic mass is 16.3. The average Bonchev–Trinajstić information content (AvgIpc) is 2.01. The Hall–Kier alpha value is -0.960. The SMILES string of the molecule is CCCC1=CC(O)=C(O)C(O)C1. The van der Waals surface area contributed by atoms with Crippen molar-refractivity contribution in [3.63, 3.8) is 0 Å². The monoisotopic (exact) mass is 170 g/mol. The van der Waals surface area contributed by atoms with Crippen LogP contribution in [0.25, 0.3) is 0 Å². The molecule has 1 unspecified atom stereocenters. The highest BCUT2D eigenvalue weighted by molar-refractivity contribution is 5.28. The predicted molar refractivity (Wildman–Crippen MR) is 45.9 cm³/mol. The Morgan fingerprint density at radius 1 is 1.50 bits per heavy atom. The summed E-state index contributed by atoms with van der Waals surface area (Å²) in [4.78, 5) is 0. The Bertz CT molecular complexity index is 228. The van der Waals surface area contributed by atoms with Gasteiger partial charge in [0.05, 0.1) is 0 Å². The molecule has 3 N–H and O–H groups in total. The van der Waals surface area contributed by atoms with Crippen LogP contribution in [0.3, 0.4) is 0 Å². The van der Waals surface area contributed by atoms with E-state index < -0.39 is 6.10 Å². The van der Waals surface area contributed by atoms with Gasteiger partial charge in [0.25, 0.3) is 0 Å². The molecule has 1 atom stereocenters. The van der Waals surface area contributed by atoms with E-state index in [4.69, 9.17) is 10.2 Å². The molecule has 0 aliphatic heterocycles. The lowest BCUT2D eigenvalue weighted by Crippen LogP contribution is -2.16. The molecular weight excluding hydrogens is 156 g/mol. The molecule has 68 valence electrons. The first kappa shape index (κ1) is 9.13. The van der Waals surface area contributed by atoms with E-state index in [0.717, 1.165) is 18.4 Å². The summed E-state index contributed by atoms with van der Waals surface area (Å²) < 4.78 is 0. The maximum absolute atomic E-state index is 9.24. The van der Waals surface area contributed by atoms with E-state index in [1.165, 1.54) is 6.08 Å². The quantitative estimate of drug-likeness (QED) is 0.592. The second kappa shape index (κ2) is 3.63. The van der Waals surface area contributed by atoms with Crippen LogP contribution < -0.4 is 0 Å². The maximum Gasteiger partial charge on any atom is 0.163 e. The van der Waals surface area contributed by atoms with Crippen LogP contribution in [-0.2, 0) is 0 Å². The van der Waals surface area contributed by atoms with Crippen LogP contribution in [0.5, 0.6) is 0 Å². The molecule has 0 fully saturated rings. The van der Waals surface area contributed by atoms with E-state index in [9.17, 15) is 5.11 Å². The second-order valence-corrected chi connectivity index (χ2v) is 3.04. The van der Waals surface area contributed by atoms with Crippen LogP contribution in [0.15, 0.2) is 23.2 Å². The summed E-state index contributed by atoms with van der Waals surface area (Å²) in [5.74, 6) is -0.507. The molecule has 1 aliphatic carbocycles. The zero-order valence-corrected chi connectivity index (χ0v) is 7.12. The zero-order valence-electron chi connectivity index (χ0n) is 7.12. The summed E-state index contributed by atoms with van der Waals surface area (Å²) in [6.45, 7) is 2.03. The van der Waals surface area contributed by atoms with Gasteiger partial charge in [0, 0.05) is 6.42 Å². The fourth-order valence-corrected chi connectivity index (χ4v) is 1.34. The molecule has 0 aromatic rings. The highest BCUT2D eigenvalue weighted by Crippen LogP contribution is 2.24. The Kier molecular flexibility index (Phi) is 2.76. The number of aliphatic hydroxyl groups excluding tert-OH is 3. The molecule has 0 amide bonds. The van der Waals surface area contributed by atoms with Gasteiger partial charge in [0.1, 0.15) is 6.10 Å². The number of rotatable bonds is 2. The third-order valence-corrected chi connectivity index (χ3v) is 1.95. The van der Waals surface area contributed by atoms with Crippen LogP contribution in [0, 0.1) is 0 Å². The average molecular weight is 170 g/mol. The first-order chi connectivity index (χ1) is 5.65. The van der Waals surface area contributed by atoms with E-state index in [1.54, 1.807) is 0 Å². The van der Waals surface area contributed by atoms with Crippen molar-refractivity contribution in [2.24, 2.45) is 0 Å². The lowest BCUT2D eigenvalue weighted by atomic mass is 9.97. The first-order valence-electron chi connectivity index (χ1n) is 4.14. The normalized spacial score (nSPS) is 24.2. The summed E-state index contributed by atoms with van der Waals surface area (Å²) >= 11 is 0. The van der Waals surface area contributed by atoms with Crippen molar-refractivity contribution in [2.75, 3.05) is 0 Å². The van der Waals surface area contributed by atoms with Crippen molar-refractivity contribution in [1.29, 1.82) is 0 Å². The summed E-state index contributed by atoms with van der Waals surface area (Å²) in [5.41, 5.74) is 0.986. The number of hydrogen-bond acceptors (Lipinski definition) is 3. The summed E-state index contributed by atoms with van der Waals surface area (Å²) in [6, 6.07) is 0. The van der Waals surface area contributed by atoms with Crippen molar-refractivity contribution in [2.45, 2.75) is 32.3 Å². The Balaban J connectivity index is 2.76. The van der Waals surface area contributed by atoms with Gasteiger partial charge in [-0.15, -0.1) is 0 Å². The third kappa shape index (κ3) is 1.80. The Morgan fingerprint density at radius 2 is 2.17 bits per heavy atom. The molecule has 0 spiro atoms. The smallest absolute Gasteiger partial charge is 0.163 e. The molecule has 0 bridgehead atoms. The fraction of sp³-hybridized carbons (Fsp3) is 0.556. The molecule has 3 nitrogen and oxygen atoms in total. The first-order valence-corrected chi connectivity index (χ1v) is 4.14. The van der Waals surface area contributed by atoms with Crippen molar-refractivity contribution in [3.05, 3.63) is 23.2 Å². The zero-order chi connectivity index (χ0) is 9.14. The van der Waals surface area contributed by atoms with E-state index in [-0.39, 0.29) is 11.5 Å². The van der Waals surface area contributed by atoms with Gasteiger partial charge < -0.3 is 15.3 Å². The van der Waals surface area contributed by atoms with Gasteiger partial charge in [-0.25, -0.2) is 0 Å². The van der Waals surface area contributed by atoms with Gasteiger partial charge in [-0.2, -0.15) is 0 Å². The van der Waals surface area contributed by atoms with Crippen LogP contribution in [0.4, 0.5) is 0 Å². The highest BCUT2D eigenvalue weighted by Gasteiger charge is 2.20. The third-order valence-electron chi connectivity index (χ3n) is 1.95. The van der Waals surface area contributed by atoms with Gasteiger partial charge in [-0.05, 0) is 12.5 Å². The molecule has 0 aromatic carbocycles. The van der Waals surface area contributed by atoms with Crippen LogP contribution in [-0.4, -0.2) is 21.4 Å². The molecule has 1 aliphatic rings. The predicted octanol–water partition coefficient (Wildman–Crippen LogP) is 1.81. The molecular formula is C9H14O3. The van der Waals surface area contributed by atoms with Gasteiger partial charge in [0.15, 0.2) is 11.5 Å². The maximum atomic E-state index is 9.24.